The summed E-state index contributed by atoms with van der Waals surface area (Å²) in [5.74, 6) is 2.16. The molecule has 6 rings (SSSR count). The molecule has 1 aromatic heterocycles. The highest BCUT2D eigenvalue weighted by molar-refractivity contribution is 6.28. The summed E-state index contributed by atoms with van der Waals surface area (Å²) in [4.78, 5) is 26.4. The second-order valence-electron chi connectivity index (χ2n) is 9.31. The highest BCUT2D eigenvalue weighted by Crippen LogP contribution is 2.46. The first-order valence-electron chi connectivity index (χ1n) is 12.1. The number of esters is 1. The molecule has 4 fully saturated rings. The largest absolute Gasteiger partial charge is 0.466 e. The topological polar surface area (TPSA) is 70.6 Å². The molecule has 0 spiro atoms. The summed E-state index contributed by atoms with van der Waals surface area (Å²) < 4.78 is 5.44. The standard InChI is InChI=1S/C25H32ClN5O2/c1-2-33-24(32)22-17-8-10-18(11-9-17)23(22)27-20-16-21(29-25(26)28-20)31-14-12-30(13-15-31)19-6-4-3-5-7-19/h3-7,16-18,22-23H,2,8-15H2,1H3,(H,27,28,29)/t17?,18?,22-,23-/m0/s1. The average molecular weight is 470 g/mol. The van der Waals surface area contributed by atoms with Crippen molar-refractivity contribution in [2.24, 2.45) is 17.8 Å². The molecule has 2 bridgehead atoms. The van der Waals surface area contributed by atoms with E-state index in [1.54, 1.807) is 0 Å². The Morgan fingerprint density at radius 2 is 1.70 bits per heavy atom. The van der Waals surface area contributed by atoms with Crippen LogP contribution in [0.5, 0.6) is 0 Å². The molecule has 8 heteroatoms. The van der Waals surface area contributed by atoms with E-state index in [4.69, 9.17) is 16.3 Å². The lowest BCUT2D eigenvalue weighted by Crippen LogP contribution is -2.52. The average Bonchev–Trinajstić information content (AvgIpc) is 2.85. The van der Waals surface area contributed by atoms with Crippen LogP contribution in [-0.4, -0.2) is 54.8 Å². The molecule has 176 valence electrons. The fourth-order valence-electron chi connectivity index (χ4n) is 5.88. The zero-order valence-electron chi connectivity index (χ0n) is 19.1. The minimum absolute atomic E-state index is 0.0327. The van der Waals surface area contributed by atoms with Crippen molar-refractivity contribution in [3.8, 4) is 0 Å². The van der Waals surface area contributed by atoms with E-state index in [9.17, 15) is 4.79 Å². The van der Waals surface area contributed by atoms with Gasteiger partial charge in [-0.25, -0.2) is 9.97 Å². The number of fused-ring (bicyclic) bond motifs is 3. The van der Waals surface area contributed by atoms with E-state index in [0.29, 0.717) is 24.3 Å². The predicted molar refractivity (Wildman–Crippen MR) is 131 cm³/mol. The minimum Gasteiger partial charge on any atom is -0.466 e. The van der Waals surface area contributed by atoms with Gasteiger partial charge in [-0.1, -0.05) is 18.2 Å². The summed E-state index contributed by atoms with van der Waals surface area (Å²) in [7, 11) is 0. The molecular weight excluding hydrogens is 438 g/mol. The molecule has 2 atom stereocenters. The molecule has 2 heterocycles. The smallest absolute Gasteiger partial charge is 0.311 e. The Morgan fingerprint density at radius 3 is 2.39 bits per heavy atom. The number of halogens is 1. The number of hydrogen-bond acceptors (Lipinski definition) is 7. The van der Waals surface area contributed by atoms with Gasteiger partial charge in [-0.2, -0.15) is 0 Å². The van der Waals surface area contributed by atoms with E-state index in [-0.39, 0.29) is 23.2 Å². The van der Waals surface area contributed by atoms with Gasteiger partial charge in [0.15, 0.2) is 0 Å². The number of carbonyl (C=O) groups excluding carboxylic acids is 1. The number of ether oxygens (including phenoxy) is 1. The number of nitrogens with one attached hydrogen (secondary N) is 1. The zero-order chi connectivity index (χ0) is 22.8. The van der Waals surface area contributed by atoms with Crippen LogP contribution in [0, 0.1) is 17.8 Å². The minimum atomic E-state index is -0.121. The summed E-state index contributed by atoms with van der Waals surface area (Å²) in [5.41, 5.74) is 1.25. The molecule has 0 unspecified atom stereocenters. The van der Waals surface area contributed by atoms with Gasteiger partial charge in [-0.05, 0) is 68.2 Å². The number of piperazine rings is 1. The maximum absolute atomic E-state index is 12.8. The Bertz CT molecular complexity index is 959. The number of hydrogen-bond donors (Lipinski definition) is 1. The third kappa shape index (κ3) is 4.74. The first-order chi connectivity index (χ1) is 16.1. The Kier molecular flexibility index (Phi) is 6.58. The van der Waals surface area contributed by atoms with Crippen LogP contribution in [0.1, 0.15) is 32.6 Å². The van der Waals surface area contributed by atoms with E-state index in [2.05, 4.69) is 49.4 Å². The van der Waals surface area contributed by atoms with Crippen LogP contribution >= 0.6 is 11.6 Å². The predicted octanol–water partition coefficient (Wildman–Crippen LogP) is 4.24. The SMILES string of the molecule is CCOC(=O)[C@H]1C2CCC(CC2)[C@@H]1Nc1cc(N2CCN(c3ccccc3)CC2)nc(Cl)n1. The van der Waals surface area contributed by atoms with Crippen molar-refractivity contribution in [2.45, 2.75) is 38.6 Å². The molecule has 4 aliphatic rings. The third-order valence-electron chi connectivity index (χ3n) is 7.50. The Balaban J connectivity index is 1.30. The number of anilines is 3. The van der Waals surface area contributed by atoms with Crippen LogP contribution in [0.2, 0.25) is 5.28 Å². The number of aromatic nitrogens is 2. The van der Waals surface area contributed by atoms with Crippen LogP contribution in [0.25, 0.3) is 0 Å². The lowest BCUT2D eigenvalue weighted by molar-refractivity contribution is -0.154. The fourth-order valence-corrected chi connectivity index (χ4v) is 6.06. The highest BCUT2D eigenvalue weighted by atomic mass is 35.5. The van der Waals surface area contributed by atoms with Gasteiger partial charge in [0.2, 0.25) is 5.28 Å². The fraction of sp³-hybridized carbons (Fsp3) is 0.560. The van der Waals surface area contributed by atoms with Gasteiger partial charge in [0, 0.05) is 44.0 Å². The third-order valence-corrected chi connectivity index (χ3v) is 7.67. The van der Waals surface area contributed by atoms with E-state index in [0.717, 1.165) is 57.7 Å². The van der Waals surface area contributed by atoms with Gasteiger partial charge in [0.1, 0.15) is 11.6 Å². The lowest BCUT2D eigenvalue weighted by Gasteiger charge is -2.47. The summed E-state index contributed by atoms with van der Waals surface area (Å²) in [6.07, 6.45) is 4.50. The molecule has 1 aromatic carbocycles. The summed E-state index contributed by atoms with van der Waals surface area (Å²) in [6.45, 7) is 5.85. The van der Waals surface area contributed by atoms with Gasteiger partial charge in [-0.15, -0.1) is 0 Å². The van der Waals surface area contributed by atoms with Gasteiger partial charge in [0.05, 0.1) is 12.5 Å². The van der Waals surface area contributed by atoms with Crippen LogP contribution in [0.4, 0.5) is 17.3 Å². The first kappa shape index (κ1) is 22.3. The molecule has 1 aliphatic heterocycles. The number of nitrogens with zero attached hydrogens (tertiary/aromatic N) is 4. The van der Waals surface area contributed by atoms with Gasteiger partial charge in [-0.3, -0.25) is 4.79 Å². The van der Waals surface area contributed by atoms with E-state index in [1.165, 1.54) is 5.69 Å². The maximum Gasteiger partial charge on any atom is 0.311 e. The second-order valence-corrected chi connectivity index (χ2v) is 9.65. The summed E-state index contributed by atoms with van der Waals surface area (Å²) >= 11 is 6.35. The monoisotopic (exact) mass is 469 g/mol. The van der Waals surface area contributed by atoms with Crippen molar-refractivity contribution in [2.75, 3.05) is 47.9 Å². The molecule has 1 N–H and O–H groups in total. The van der Waals surface area contributed by atoms with Crippen molar-refractivity contribution < 1.29 is 9.53 Å². The first-order valence-corrected chi connectivity index (χ1v) is 12.5. The number of carbonyl (C=O) groups is 1. The molecule has 33 heavy (non-hydrogen) atoms. The van der Waals surface area contributed by atoms with Crippen molar-refractivity contribution in [1.29, 1.82) is 0 Å². The van der Waals surface area contributed by atoms with Crippen molar-refractivity contribution in [3.05, 3.63) is 41.7 Å². The van der Waals surface area contributed by atoms with E-state index >= 15 is 0 Å². The normalized spacial score (nSPS) is 26.8. The van der Waals surface area contributed by atoms with E-state index in [1.807, 2.05) is 19.1 Å². The summed E-state index contributed by atoms with van der Waals surface area (Å²) in [6, 6.07) is 12.5. The van der Waals surface area contributed by atoms with Crippen molar-refractivity contribution in [1.82, 2.24) is 9.97 Å². The Labute approximate surface area is 200 Å². The number of rotatable bonds is 6. The lowest BCUT2D eigenvalue weighted by atomic mass is 9.61. The van der Waals surface area contributed by atoms with Crippen LogP contribution in [0.15, 0.2) is 36.4 Å². The highest BCUT2D eigenvalue weighted by Gasteiger charge is 2.48. The molecular formula is C25H32ClN5O2. The van der Waals surface area contributed by atoms with Crippen molar-refractivity contribution >= 4 is 34.9 Å². The van der Waals surface area contributed by atoms with Crippen LogP contribution in [0.3, 0.4) is 0 Å². The molecule has 7 nitrogen and oxygen atoms in total. The number of para-hydroxylation sites is 1. The second kappa shape index (κ2) is 9.75. The Morgan fingerprint density at radius 1 is 1.03 bits per heavy atom. The molecule has 0 amide bonds. The number of benzene rings is 1. The molecule has 3 aliphatic carbocycles. The Hall–Kier alpha value is -2.54. The van der Waals surface area contributed by atoms with Crippen LogP contribution in [-0.2, 0) is 9.53 Å². The van der Waals surface area contributed by atoms with Gasteiger partial charge < -0.3 is 19.9 Å². The maximum atomic E-state index is 12.8. The van der Waals surface area contributed by atoms with Gasteiger partial charge in [0.25, 0.3) is 0 Å². The summed E-state index contributed by atoms with van der Waals surface area (Å²) in [5, 5.41) is 3.81. The molecule has 0 radical (unpaired) electrons. The quantitative estimate of drug-likeness (QED) is 0.501. The molecule has 1 saturated heterocycles. The van der Waals surface area contributed by atoms with Crippen molar-refractivity contribution in [3.63, 3.8) is 0 Å². The van der Waals surface area contributed by atoms with Crippen LogP contribution < -0.4 is 15.1 Å². The van der Waals surface area contributed by atoms with E-state index < -0.39 is 0 Å². The molecule has 2 aromatic rings. The van der Waals surface area contributed by atoms with Gasteiger partial charge >= 0.3 is 5.97 Å². The zero-order valence-corrected chi connectivity index (χ0v) is 19.9. The molecule has 3 saturated carbocycles.